The van der Waals surface area contributed by atoms with Crippen molar-refractivity contribution in [3.8, 4) is 0 Å². The minimum absolute atomic E-state index is 0. The summed E-state index contributed by atoms with van der Waals surface area (Å²) in [4.78, 5) is 0. The van der Waals surface area contributed by atoms with Crippen LogP contribution in [0.25, 0.3) is 0 Å². The van der Waals surface area contributed by atoms with Crippen LogP contribution >= 0.6 is 7.26 Å². The zero-order chi connectivity index (χ0) is 20.6. The van der Waals surface area contributed by atoms with Crippen molar-refractivity contribution in [2.24, 2.45) is 5.41 Å². The maximum absolute atomic E-state index is 2.47. The molecule has 0 N–H and O–H groups in total. The van der Waals surface area contributed by atoms with Crippen LogP contribution < -0.4 is 10.6 Å². The number of benzene rings is 2. The van der Waals surface area contributed by atoms with Crippen LogP contribution in [-0.2, 0) is 19.5 Å². The van der Waals surface area contributed by atoms with Gasteiger partial charge in [0.05, 0.1) is 11.0 Å². The average molecular weight is 503 g/mol. The molecule has 0 saturated heterocycles. The molecule has 0 nitrogen and oxygen atoms in total. The van der Waals surface area contributed by atoms with Gasteiger partial charge in [0.2, 0.25) is 0 Å². The molecule has 4 rings (SSSR count). The second kappa shape index (κ2) is 9.06. The van der Waals surface area contributed by atoms with Crippen LogP contribution in [0.2, 0.25) is 0 Å². The van der Waals surface area contributed by atoms with Crippen LogP contribution in [0.3, 0.4) is 0 Å². The van der Waals surface area contributed by atoms with Crippen molar-refractivity contribution in [1.82, 2.24) is 0 Å². The third-order valence-corrected chi connectivity index (χ3v) is 12.9. The molecular formula is C28H34PRu+. The van der Waals surface area contributed by atoms with Crippen LogP contribution in [0.5, 0.6) is 0 Å². The van der Waals surface area contributed by atoms with Gasteiger partial charge in [-0.2, -0.15) is 0 Å². The summed E-state index contributed by atoms with van der Waals surface area (Å²) in [5, 5.41) is 4.82. The van der Waals surface area contributed by atoms with E-state index in [1.807, 2.05) is 0 Å². The summed E-state index contributed by atoms with van der Waals surface area (Å²) in [6.07, 6.45) is 8.49. The Morgan fingerprint density at radius 2 is 1.30 bits per heavy atom. The van der Waals surface area contributed by atoms with Gasteiger partial charge in [-0.25, -0.2) is 0 Å². The maximum Gasteiger partial charge on any atom is 0.112 e. The van der Waals surface area contributed by atoms with E-state index in [2.05, 4.69) is 107 Å². The SMILES string of the molecule is CC1=C(C)C(C)(C)C([P+](c2ccccc2)(c2ccccc2)C2CC=CCC2)=C1C.[Ru]. The Morgan fingerprint density at radius 3 is 1.70 bits per heavy atom. The van der Waals surface area contributed by atoms with Gasteiger partial charge < -0.3 is 0 Å². The standard InChI is InChI=1S/C28H34P.Ru/c1-21-22(2)27(28(4,5)23(21)3)29(24-15-9-6-10-16-24,25-17-11-7-12-18-25)26-19-13-8-14-20-26;/h6-13,15-18,26H,14,19-20H2,1-5H3;/q+1;. The number of rotatable bonds is 4. The molecule has 0 aliphatic heterocycles. The number of hydrogen-bond acceptors (Lipinski definition) is 0. The Labute approximate surface area is 196 Å². The van der Waals surface area contributed by atoms with Crippen molar-refractivity contribution in [3.63, 3.8) is 0 Å². The van der Waals surface area contributed by atoms with Gasteiger partial charge in [-0.3, -0.25) is 0 Å². The molecule has 2 aliphatic rings. The molecule has 1 unspecified atom stereocenters. The van der Waals surface area contributed by atoms with Gasteiger partial charge in [0.15, 0.2) is 0 Å². The van der Waals surface area contributed by atoms with Gasteiger partial charge in [-0.15, -0.1) is 0 Å². The van der Waals surface area contributed by atoms with Gasteiger partial charge in [0, 0.05) is 31.3 Å². The van der Waals surface area contributed by atoms with Crippen molar-refractivity contribution in [2.75, 3.05) is 0 Å². The molecule has 2 aliphatic carbocycles. The Balaban J connectivity index is 0.00000256. The van der Waals surface area contributed by atoms with E-state index in [-0.39, 0.29) is 24.9 Å². The Bertz CT molecular complexity index is 940. The first-order chi connectivity index (χ1) is 13.9. The summed E-state index contributed by atoms with van der Waals surface area (Å²) in [5.74, 6) is 0. The molecule has 158 valence electrons. The molecular weight excluding hydrogens is 468 g/mol. The monoisotopic (exact) mass is 503 g/mol. The molecule has 0 fully saturated rings. The molecule has 30 heavy (non-hydrogen) atoms. The summed E-state index contributed by atoms with van der Waals surface area (Å²) in [5.41, 5.74) is 5.36. The molecule has 0 radical (unpaired) electrons. The quantitative estimate of drug-likeness (QED) is 0.232. The van der Waals surface area contributed by atoms with Gasteiger partial charge in [-0.05, 0) is 82.9 Å². The predicted octanol–water partition coefficient (Wildman–Crippen LogP) is 7.41. The second-order valence-corrected chi connectivity index (χ2v) is 12.8. The largest absolute Gasteiger partial charge is 0.112 e. The van der Waals surface area contributed by atoms with Gasteiger partial charge in [0.25, 0.3) is 0 Å². The predicted molar refractivity (Wildman–Crippen MR) is 131 cm³/mol. The number of hydrogen-bond donors (Lipinski definition) is 0. The number of allylic oxidation sites excluding steroid dienone is 6. The van der Waals surface area contributed by atoms with Crippen molar-refractivity contribution in [1.29, 1.82) is 0 Å². The molecule has 0 bridgehead atoms. The summed E-state index contributed by atoms with van der Waals surface area (Å²) in [6.45, 7) is 12.0. The van der Waals surface area contributed by atoms with Crippen molar-refractivity contribution < 1.29 is 19.5 Å². The Morgan fingerprint density at radius 1 is 0.767 bits per heavy atom. The summed E-state index contributed by atoms with van der Waals surface area (Å²) in [7, 11) is -1.79. The minimum Gasteiger partial charge on any atom is -0.0882 e. The maximum atomic E-state index is 2.47. The van der Waals surface area contributed by atoms with E-state index in [4.69, 9.17) is 0 Å². The van der Waals surface area contributed by atoms with E-state index in [0.717, 1.165) is 0 Å². The summed E-state index contributed by atoms with van der Waals surface area (Å²) in [6, 6.07) is 23.0. The zero-order valence-electron chi connectivity index (χ0n) is 18.9. The molecule has 0 spiro atoms. The van der Waals surface area contributed by atoms with Gasteiger partial charge >= 0.3 is 0 Å². The van der Waals surface area contributed by atoms with E-state index < -0.39 is 7.26 Å². The second-order valence-electron chi connectivity index (χ2n) is 9.18. The molecule has 2 heteroatoms. The first-order valence-electron chi connectivity index (χ1n) is 11.0. The van der Waals surface area contributed by atoms with Crippen LogP contribution in [0.4, 0.5) is 0 Å². The molecule has 0 amide bonds. The Hall–Kier alpha value is -1.29. The summed E-state index contributed by atoms with van der Waals surface area (Å²) < 4.78 is 0. The van der Waals surface area contributed by atoms with E-state index in [0.29, 0.717) is 5.66 Å². The first kappa shape index (κ1) is 23.4. The van der Waals surface area contributed by atoms with Crippen molar-refractivity contribution >= 4 is 17.9 Å². The minimum atomic E-state index is -1.79. The van der Waals surface area contributed by atoms with Crippen LogP contribution in [-0.4, -0.2) is 5.66 Å². The third kappa shape index (κ3) is 3.53. The van der Waals surface area contributed by atoms with Crippen LogP contribution in [0.15, 0.2) is 94.8 Å². The van der Waals surface area contributed by atoms with E-state index in [1.165, 1.54) is 24.8 Å². The average Bonchev–Trinajstić information content (AvgIpc) is 2.91. The van der Waals surface area contributed by atoms with Crippen molar-refractivity contribution in [2.45, 2.75) is 59.5 Å². The van der Waals surface area contributed by atoms with E-state index in [9.17, 15) is 0 Å². The first-order valence-corrected chi connectivity index (χ1v) is 12.8. The fourth-order valence-electron chi connectivity index (χ4n) is 5.75. The molecule has 2 aromatic carbocycles. The third-order valence-electron chi connectivity index (χ3n) is 7.48. The Kier molecular flexibility index (Phi) is 7.06. The van der Waals surface area contributed by atoms with Gasteiger partial charge in [0.1, 0.15) is 17.9 Å². The smallest absolute Gasteiger partial charge is 0.0882 e. The van der Waals surface area contributed by atoms with E-state index in [1.54, 1.807) is 27.1 Å². The zero-order valence-corrected chi connectivity index (χ0v) is 21.6. The molecule has 0 saturated carbocycles. The fraction of sp³-hybridized carbons (Fsp3) is 0.357. The van der Waals surface area contributed by atoms with Gasteiger partial charge in [-0.1, -0.05) is 54.1 Å². The topological polar surface area (TPSA) is 0 Å². The van der Waals surface area contributed by atoms with Crippen LogP contribution in [0.1, 0.15) is 53.9 Å². The fourth-order valence-corrected chi connectivity index (χ4v) is 11.8. The normalized spacial score (nSPS) is 21.0. The summed E-state index contributed by atoms with van der Waals surface area (Å²) >= 11 is 0. The molecule has 0 aromatic heterocycles. The molecule has 1 atom stereocenters. The molecule has 0 heterocycles. The van der Waals surface area contributed by atoms with Crippen LogP contribution in [0, 0.1) is 5.41 Å². The van der Waals surface area contributed by atoms with Crippen molar-refractivity contribution in [3.05, 3.63) is 94.8 Å². The molecule has 2 aromatic rings. The van der Waals surface area contributed by atoms with E-state index >= 15 is 0 Å².